The molecule has 0 fully saturated rings. The molecule has 146 valence electrons. The number of carbonyl (C=O) groups is 1. The number of aryl methyl sites for hydroxylation is 1. The number of hydrogen-bond acceptors (Lipinski definition) is 7. The summed E-state index contributed by atoms with van der Waals surface area (Å²) in [5, 5.41) is 21.6. The van der Waals surface area contributed by atoms with Crippen LogP contribution in [0.1, 0.15) is 38.1 Å². The Hall–Kier alpha value is -2.80. The van der Waals surface area contributed by atoms with Gasteiger partial charge < -0.3 is 19.1 Å². The van der Waals surface area contributed by atoms with Gasteiger partial charge in [0.05, 0.1) is 12.6 Å². The SMILES string of the molecule is CCCCOc1ccc2ccccc2c1/C=C(\Sc1nnc(CC)o1)C(=O)[O-]. The Morgan fingerprint density at radius 2 is 2.04 bits per heavy atom. The van der Waals surface area contributed by atoms with Gasteiger partial charge in [-0.15, -0.1) is 10.2 Å². The van der Waals surface area contributed by atoms with E-state index in [0.717, 1.165) is 35.4 Å². The van der Waals surface area contributed by atoms with Gasteiger partial charge in [0, 0.05) is 16.9 Å². The van der Waals surface area contributed by atoms with Crippen LogP contribution in [-0.4, -0.2) is 22.8 Å². The zero-order valence-electron chi connectivity index (χ0n) is 15.8. The van der Waals surface area contributed by atoms with Crippen molar-refractivity contribution < 1.29 is 19.1 Å². The normalized spacial score (nSPS) is 11.7. The van der Waals surface area contributed by atoms with Gasteiger partial charge >= 0.3 is 0 Å². The second kappa shape index (κ2) is 9.41. The topological polar surface area (TPSA) is 88.3 Å². The molecule has 7 heteroatoms. The van der Waals surface area contributed by atoms with Crippen molar-refractivity contribution in [3.05, 3.63) is 52.8 Å². The van der Waals surface area contributed by atoms with Crippen molar-refractivity contribution in [3.8, 4) is 5.75 Å². The smallest absolute Gasteiger partial charge is 0.281 e. The van der Waals surface area contributed by atoms with Crippen LogP contribution < -0.4 is 9.84 Å². The molecule has 0 aliphatic rings. The Morgan fingerprint density at radius 1 is 1.21 bits per heavy atom. The number of unbranched alkanes of at least 4 members (excludes halogenated alkanes) is 1. The average molecular weight is 397 g/mol. The lowest BCUT2D eigenvalue weighted by atomic mass is 10.0. The van der Waals surface area contributed by atoms with Crippen LogP contribution in [0.15, 0.2) is 50.9 Å². The number of carboxylic acids is 1. The van der Waals surface area contributed by atoms with E-state index in [1.165, 1.54) is 0 Å². The van der Waals surface area contributed by atoms with Gasteiger partial charge in [-0.3, -0.25) is 0 Å². The molecule has 0 aliphatic carbocycles. The molecule has 6 nitrogen and oxygen atoms in total. The molecule has 1 heterocycles. The number of hydrogen-bond donors (Lipinski definition) is 0. The van der Waals surface area contributed by atoms with Crippen LogP contribution >= 0.6 is 11.8 Å². The van der Waals surface area contributed by atoms with Crippen molar-refractivity contribution in [1.29, 1.82) is 0 Å². The highest BCUT2D eigenvalue weighted by atomic mass is 32.2. The zero-order valence-corrected chi connectivity index (χ0v) is 16.6. The Bertz CT molecular complexity index is 997. The molecule has 0 aliphatic heterocycles. The highest BCUT2D eigenvalue weighted by molar-refractivity contribution is 8.03. The lowest BCUT2D eigenvalue weighted by Gasteiger charge is -2.13. The van der Waals surface area contributed by atoms with E-state index in [2.05, 4.69) is 17.1 Å². The van der Waals surface area contributed by atoms with Gasteiger partial charge in [0.2, 0.25) is 5.89 Å². The standard InChI is InChI=1S/C21H22N2O4S/c1-3-5-12-26-17-11-10-14-8-6-7-9-15(14)16(17)13-18(20(24)25)28-21-23-22-19(4-2)27-21/h6-11,13H,3-5,12H2,1-2H3,(H,24,25)/p-1/b18-13-. The molecule has 0 N–H and O–H groups in total. The van der Waals surface area contributed by atoms with E-state index < -0.39 is 5.97 Å². The number of fused-ring (bicyclic) bond motifs is 1. The molecule has 0 unspecified atom stereocenters. The van der Waals surface area contributed by atoms with Crippen LogP contribution in [0.2, 0.25) is 0 Å². The molecule has 0 saturated carbocycles. The molecular formula is C21H21N2O4S-. The Labute approximate surface area is 167 Å². The summed E-state index contributed by atoms with van der Waals surface area (Å²) in [6.07, 6.45) is 4.06. The predicted molar refractivity (Wildman–Crippen MR) is 107 cm³/mol. The van der Waals surface area contributed by atoms with Crippen molar-refractivity contribution in [3.63, 3.8) is 0 Å². The third-order valence-corrected chi connectivity index (χ3v) is 4.95. The predicted octanol–water partition coefficient (Wildman–Crippen LogP) is 3.85. The van der Waals surface area contributed by atoms with Gasteiger partial charge in [0.15, 0.2) is 0 Å². The third kappa shape index (κ3) is 4.72. The molecule has 3 rings (SSSR count). The minimum Gasteiger partial charge on any atom is -0.544 e. The number of ether oxygens (including phenoxy) is 1. The molecule has 0 saturated heterocycles. The number of aromatic nitrogens is 2. The molecule has 3 aromatic rings. The Morgan fingerprint density at radius 3 is 2.75 bits per heavy atom. The molecule has 0 amide bonds. The second-order valence-corrected chi connectivity index (χ2v) is 7.11. The summed E-state index contributed by atoms with van der Waals surface area (Å²) in [5.74, 6) is -0.228. The van der Waals surface area contributed by atoms with Crippen LogP contribution in [0.25, 0.3) is 16.8 Å². The first-order valence-corrected chi connectivity index (χ1v) is 10.0. The molecule has 0 atom stereocenters. The van der Waals surface area contributed by atoms with Crippen LogP contribution in [0.4, 0.5) is 0 Å². The summed E-state index contributed by atoms with van der Waals surface area (Å²) >= 11 is 0.877. The fraction of sp³-hybridized carbons (Fsp3) is 0.286. The molecule has 0 spiro atoms. The largest absolute Gasteiger partial charge is 0.544 e. The van der Waals surface area contributed by atoms with Gasteiger partial charge in [-0.1, -0.05) is 50.6 Å². The molecular weight excluding hydrogens is 376 g/mol. The van der Waals surface area contributed by atoms with E-state index in [4.69, 9.17) is 9.15 Å². The molecule has 0 bridgehead atoms. The van der Waals surface area contributed by atoms with Crippen LogP contribution in [0.3, 0.4) is 0 Å². The maximum atomic E-state index is 11.8. The number of thioether (sulfide) groups is 1. The van der Waals surface area contributed by atoms with Crippen molar-refractivity contribution in [2.24, 2.45) is 0 Å². The van der Waals surface area contributed by atoms with E-state index >= 15 is 0 Å². The number of aliphatic carboxylic acids is 1. The highest BCUT2D eigenvalue weighted by Crippen LogP contribution is 2.34. The lowest BCUT2D eigenvalue weighted by Crippen LogP contribution is -2.23. The summed E-state index contributed by atoms with van der Waals surface area (Å²) in [7, 11) is 0. The van der Waals surface area contributed by atoms with Crippen LogP contribution in [-0.2, 0) is 11.2 Å². The Kier molecular flexibility index (Phi) is 6.71. The van der Waals surface area contributed by atoms with Crippen LogP contribution in [0, 0.1) is 0 Å². The maximum Gasteiger partial charge on any atom is 0.281 e. The minimum atomic E-state index is -1.31. The number of carboxylic acid groups (broad SMARTS) is 1. The quantitative estimate of drug-likeness (QED) is 0.308. The van der Waals surface area contributed by atoms with Crippen LogP contribution in [0.5, 0.6) is 5.75 Å². The monoisotopic (exact) mass is 397 g/mol. The van der Waals surface area contributed by atoms with Crippen molar-refractivity contribution in [2.45, 2.75) is 38.3 Å². The summed E-state index contributed by atoms with van der Waals surface area (Å²) in [6.45, 7) is 4.53. The van der Waals surface area contributed by atoms with E-state index in [-0.39, 0.29) is 10.1 Å². The summed E-state index contributed by atoms with van der Waals surface area (Å²) in [5.41, 5.74) is 0.691. The second-order valence-electron chi connectivity index (χ2n) is 6.11. The summed E-state index contributed by atoms with van der Waals surface area (Å²) in [4.78, 5) is 11.7. The van der Waals surface area contributed by atoms with Gasteiger partial charge in [-0.05, 0) is 41.1 Å². The first-order chi connectivity index (χ1) is 13.6. The van der Waals surface area contributed by atoms with Gasteiger partial charge in [-0.25, -0.2) is 0 Å². The number of benzene rings is 2. The summed E-state index contributed by atoms with van der Waals surface area (Å²) < 4.78 is 11.3. The molecule has 28 heavy (non-hydrogen) atoms. The maximum absolute atomic E-state index is 11.8. The Balaban J connectivity index is 2.03. The van der Waals surface area contributed by atoms with E-state index in [9.17, 15) is 9.90 Å². The van der Waals surface area contributed by atoms with Crippen molar-refractivity contribution >= 4 is 34.6 Å². The fourth-order valence-electron chi connectivity index (χ4n) is 2.65. The first kappa shape index (κ1) is 19.9. The average Bonchev–Trinajstić information content (AvgIpc) is 3.16. The van der Waals surface area contributed by atoms with Crippen molar-refractivity contribution in [1.82, 2.24) is 10.2 Å². The molecule has 0 radical (unpaired) electrons. The van der Waals surface area contributed by atoms with Gasteiger partial charge in [-0.2, -0.15) is 0 Å². The number of nitrogens with zero attached hydrogens (tertiary/aromatic N) is 2. The number of rotatable bonds is 9. The fourth-order valence-corrected chi connectivity index (χ4v) is 3.32. The molecule has 1 aromatic heterocycles. The molecule has 2 aromatic carbocycles. The zero-order chi connectivity index (χ0) is 19.9. The highest BCUT2D eigenvalue weighted by Gasteiger charge is 2.13. The third-order valence-electron chi connectivity index (χ3n) is 4.11. The van der Waals surface area contributed by atoms with Gasteiger partial charge in [0.25, 0.3) is 5.22 Å². The summed E-state index contributed by atoms with van der Waals surface area (Å²) in [6, 6.07) is 11.6. The van der Waals surface area contributed by atoms with E-state index in [1.54, 1.807) is 6.08 Å². The number of carbonyl (C=O) groups excluding carboxylic acids is 1. The van der Waals surface area contributed by atoms with E-state index in [1.807, 2.05) is 43.3 Å². The van der Waals surface area contributed by atoms with E-state index in [0.29, 0.717) is 30.2 Å². The first-order valence-electron chi connectivity index (χ1n) is 9.20. The minimum absolute atomic E-state index is 0.0250. The van der Waals surface area contributed by atoms with Gasteiger partial charge in [0.1, 0.15) is 5.75 Å². The van der Waals surface area contributed by atoms with Crippen molar-refractivity contribution in [2.75, 3.05) is 6.61 Å². The lowest BCUT2D eigenvalue weighted by molar-refractivity contribution is -0.298.